The molecule has 1 saturated carbocycles. The number of ether oxygens (including phenoxy) is 2. The molecule has 1 amide bonds. The molecule has 4 nitrogen and oxygen atoms in total. The third kappa shape index (κ3) is 3.53. The molecular weight excluding hydrogens is 304 g/mol. The van der Waals surface area contributed by atoms with Crippen molar-refractivity contribution in [2.75, 3.05) is 26.4 Å². The maximum atomic E-state index is 13.6. The van der Waals surface area contributed by atoms with E-state index in [0.29, 0.717) is 44.8 Å². The minimum atomic E-state index is -0.849. The standard InChI is InChI=1S/C17H21F2NO3/c18-13-7-12(8-14(19)9-13)17(3-1-2-4-17)16(21)20-10-15-11-22-5-6-23-15/h7-9,15H,1-6,10-11H2,(H,20,21)/t15-/m0/s1. The van der Waals surface area contributed by atoms with Gasteiger partial charge in [-0.05, 0) is 30.5 Å². The topological polar surface area (TPSA) is 47.6 Å². The van der Waals surface area contributed by atoms with Gasteiger partial charge in [-0.1, -0.05) is 12.8 Å². The summed E-state index contributed by atoms with van der Waals surface area (Å²) in [7, 11) is 0. The van der Waals surface area contributed by atoms with Crippen LogP contribution in [0.3, 0.4) is 0 Å². The van der Waals surface area contributed by atoms with E-state index in [2.05, 4.69) is 5.32 Å². The highest BCUT2D eigenvalue weighted by atomic mass is 19.1. The Morgan fingerprint density at radius 3 is 2.48 bits per heavy atom. The summed E-state index contributed by atoms with van der Waals surface area (Å²) in [6, 6.07) is 3.37. The van der Waals surface area contributed by atoms with Crippen molar-refractivity contribution < 1.29 is 23.0 Å². The van der Waals surface area contributed by atoms with Gasteiger partial charge in [0.25, 0.3) is 0 Å². The molecule has 1 atom stereocenters. The Hall–Kier alpha value is -1.53. The van der Waals surface area contributed by atoms with Crippen molar-refractivity contribution in [3.05, 3.63) is 35.4 Å². The van der Waals surface area contributed by atoms with Crippen LogP contribution in [-0.4, -0.2) is 38.4 Å². The molecule has 0 unspecified atom stereocenters. The van der Waals surface area contributed by atoms with Crippen LogP contribution in [0.2, 0.25) is 0 Å². The molecule has 126 valence electrons. The third-order valence-corrected chi connectivity index (χ3v) is 4.68. The van der Waals surface area contributed by atoms with Crippen molar-refractivity contribution in [1.29, 1.82) is 0 Å². The molecule has 1 aliphatic carbocycles. The normalized spacial score (nSPS) is 23.7. The summed E-state index contributed by atoms with van der Waals surface area (Å²) in [5, 5.41) is 2.88. The first-order valence-electron chi connectivity index (χ1n) is 8.04. The first-order chi connectivity index (χ1) is 11.1. The number of carbonyl (C=O) groups is 1. The van der Waals surface area contributed by atoms with E-state index in [0.717, 1.165) is 18.9 Å². The lowest BCUT2D eigenvalue weighted by atomic mass is 9.78. The molecule has 2 aliphatic rings. The Labute approximate surface area is 134 Å². The van der Waals surface area contributed by atoms with Crippen LogP contribution >= 0.6 is 0 Å². The monoisotopic (exact) mass is 325 g/mol. The fraction of sp³-hybridized carbons (Fsp3) is 0.588. The van der Waals surface area contributed by atoms with Crippen molar-refractivity contribution in [2.45, 2.75) is 37.2 Å². The molecule has 0 radical (unpaired) electrons. The first-order valence-corrected chi connectivity index (χ1v) is 8.04. The highest BCUT2D eigenvalue weighted by Crippen LogP contribution is 2.41. The fourth-order valence-corrected chi connectivity index (χ4v) is 3.49. The molecule has 1 aliphatic heterocycles. The first kappa shape index (κ1) is 16.3. The summed E-state index contributed by atoms with van der Waals surface area (Å²) in [5.74, 6) is -1.49. The second kappa shape index (κ2) is 6.93. The molecule has 1 aromatic carbocycles. The number of carbonyl (C=O) groups excluding carboxylic acids is 1. The minimum absolute atomic E-state index is 0.171. The van der Waals surface area contributed by atoms with Gasteiger partial charge in [0.15, 0.2) is 0 Å². The van der Waals surface area contributed by atoms with Crippen LogP contribution in [0.1, 0.15) is 31.2 Å². The van der Waals surface area contributed by atoms with Crippen molar-refractivity contribution >= 4 is 5.91 Å². The summed E-state index contributed by atoms with van der Waals surface area (Å²) in [5.41, 5.74) is -0.427. The van der Waals surface area contributed by atoms with Gasteiger partial charge in [0.2, 0.25) is 5.91 Å². The van der Waals surface area contributed by atoms with Crippen LogP contribution in [0.5, 0.6) is 0 Å². The van der Waals surface area contributed by atoms with Gasteiger partial charge in [0, 0.05) is 12.6 Å². The second-order valence-electron chi connectivity index (χ2n) is 6.23. The highest BCUT2D eigenvalue weighted by Gasteiger charge is 2.43. The van der Waals surface area contributed by atoms with Gasteiger partial charge in [-0.2, -0.15) is 0 Å². The molecule has 3 rings (SSSR count). The minimum Gasteiger partial charge on any atom is -0.376 e. The molecule has 6 heteroatoms. The molecule has 0 aromatic heterocycles. The van der Waals surface area contributed by atoms with E-state index in [1.54, 1.807) is 0 Å². The molecular formula is C17H21F2NO3. The zero-order valence-corrected chi connectivity index (χ0v) is 12.9. The maximum Gasteiger partial charge on any atom is 0.230 e. The fourth-order valence-electron chi connectivity index (χ4n) is 3.49. The Balaban J connectivity index is 1.75. The Morgan fingerprint density at radius 2 is 1.87 bits per heavy atom. The highest BCUT2D eigenvalue weighted by molar-refractivity contribution is 5.88. The zero-order valence-electron chi connectivity index (χ0n) is 12.9. The lowest BCUT2D eigenvalue weighted by Crippen LogP contribution is -2.47. The third-order valence-electron chi connectivity index (χ3n) is 4.68. The van der Waals surface area contributed by atoms with Crippen LogP contribution in [0.25, 0.3) is 0 Å². The van der Waals surface area contributed by atoms with Crippen molar-refractivity contribution in [3.8, 4) is 0 Å². The zero-order chi connectivity index (χ0) is 16.3. The quantitative estimate of drug-likeness (QED) is 0.924. The van der Waals surface area contributed by atoms with Gasteiger partial charge >= 0.3 is 0 Å². The molecule has 1 heterocycles. The lowest BCUT2D eigenvalue weighted by Gasteiger charge is -2.30. The van der Waals surface area contributed by atoms with Gasteiger partial charge in [0.1, 0.15) is 11.6 Å². The number of hydrogen-bond acceptors (Lipinski definition) is 3. The molecule has 0 bridgehead atoms. The van der Waals surface area contributed by atoms with Gasteiger partial charge in [0.05, 0.1) is 31.3 Å². The second-order valence-corrected chi connectivity index (χ2v) is 6.23. The van der Waals surface area contributed by atoms with Crippen LogP contribution in [0.4, 0.5) is 8.78 Å². The van der Waals surface area contributed by atoms with E-state index in [9.17, 15) is 13.6 Å². The Kier molecular flexibility index (Phi) is 4.92. The Morgan fingerprint density at radius 1 is 1.17 bits per heavy atom. The van der Waals surface area contributed by atoms with Crippen molar-refractivity contribution in [2.24, 2.45) is 0 Å². The largest absolute Gasteiger partial charge is 0.376 e. The number of hydrogen-bond donors (Lipinski definition) is 1. The molecule has 1 N–H and O–H groups in total. The number of benzene rings is 1. The predicted octanol–water partition coefficient (Wildman–Crippen LogP) is 2.31. The van der Waals surface area contributed by atoms with E-state index in [-0.39, 0.29) is 12.0 Å². The van der Waals surface area contributed by atoms with Crippen LogP contribution < -0.4 is 5.32 Å². The van der Waals surface area contributed by atoms with E-state index < -0.39 is 17.0 Å². The average Bonchev–Trinajstić information content (AvgIpc) is 3.04. The van der Waals surface area contributed by atoms with Gasteiger partial charge < -0.3 is 14.8 Å². The SMILES string of the molecule is O=C(NC[C@H]1COCCO1)C1(c2cc(F)cc(F)c2)CCCC1. The molecule has 1 saturated heterocycles. The summed E-state index contributed by atoms with van der Waals surface area (Å²) in [6.45, 7) is 1.87. The Bertz CT molecular complexity index is 547. The van der Waals surface area contributed by atoms with E-state index in [1.807, 2.05) is 0 Å². The number of nitrogens with one attached hydrogen (secondary N) is 1. The van der Waals surface area contributed by atoms with E-state index >= 15 is 0 Å². The van der Waals surface area contributed by atoms with Gasteiger partial charge in [-0.15, -0.1) is 0 Å². The van der Waals surface area contributed by atoms with Crippen LogP contribution in [0.15, 0.2) is 18.2 Å². The molecule has 23 heavy (non-hydrogen) atoms. The summed E-state index contributed by atoms with van der Waals surface area (Å²) in [4.78, 5) is 12.8. The van der Waals surface area contributed by atoms with E-state index in [4.69, 9.17) is 9.47 Å². The maximum absolute atomic E-state index is 13.6. The molecule has 1 aromatic rings. The van der Waals surface area contributed by atoms with E-state index in [1.165, 1.54) is 12.1 Å². The molecule has 0 spiro atoms. The number of halogens is 2. The van der Waals surface area contributed by atoms with Crippen LogP contribution in [-0.2, 0) is 19.7 Å². The lowest BCUT2D eigenvalue weighted by molar-refractivity contribution is -0.129. The number of amides is 1. The summed E-state index contributed by atoms with van der Waals surface area (Å²) < 4.78 is 38.0. The van der Waals surface area contributed by atoms with Crippen molar-refractivity contribution in [1.82, 2.24) is 5.32 Å². The summed E-state index contributed by atoms with van der Waals surface area (Å²) in [6.07, 6.45) is 2.77. The smallest absolute Gasteiger partial charge is 0.230 e. The predicted molar refractivity (Wildman–Crippen MR) is 80.1 cm³/mol. The van der Waals surface area contributed by atoms with Gasteiger partial charge in [-0.25, -0.2) is 8.78 Å². The van der Waals surface area contributed by atoms with Crippen molar-refractivity contribution in [3.63, 3.8) is 0 Å². The number of rotatable bonds is 4. The van der Waals surface area contributed by atoms with Crippen LogP contribution in [0, 0.1) is 11.6 Å². The average molecular weight is 325 g/mol. The molecule has 2 fully saturated rings. The summed E-state index contributed by atoms with van der Waals surface area (Å²) >= 11 is 0. The van der Waals surface area contributed by atoms with Gasteiger partial charge in [-0.3, -0.25) is 4.79 Å².